The maximum Gasteiger partial charge on any atom is 0.180 e. The molecule has 3 nitrogen and oxygen atoms in total. The number of methoxy groups -OCH3 is 1. The normalized spacial score (nSPS) is 11.5. The quantitative estimate of drug-likeness (QED) is 0.723. The van der Waals surface area contributed by atoms with E-state index >= 15 is 0 Å². The molecule has 1 rings (SSSR count). The molecule has 0 heterocycles. The summed E-state index contributed by atoms with van der Waals surface area (Å²) >= 11 is 0. The van der Waals surface area contributed by atoms with Gasteiger partial charge in [-0.2, -0.15) is 0 Å². The molecule has 0 saturated carbocycles. The van der Waals surface area contributed by atoms with Crippen LogP contribution in [-0.4, -0.2) is 27.9 Å². The summed E-state index contributed by atoms with van der Waals surface area (Å²) in [6.07, 6.45) is 0. The van der Waals surface area contributed by atoms with Crippen LogP contribution in [0.3, 0.4) is 0 Å². The second kappa shape index (κ2) is 4.39. The highest BCUT2D eigenvalue weighted by atomic mass is 32.2. The van der Waals surface area contributed by atoms with Crippen LogP contribution in [0.25, 0.3) is 0 Å². The first kappa shape index (κ1) is 10.2. The molecule has 0 amide bonds. The first-order chi connectivity index (χ1) is 6.17. The predicted octanol–water partition coefficient (Wildman–Crippen LogP) is 0.907. The van der Waals surface area contributed by atoms with E-state index in [0.717, 1.165) is 0 Å². The molecule has 0 N–H and O–H groups in total. The zero-order chi connectivity index (χ0) is 9.73. The Balaban J connectivity index is 2.83. The standard InChI is InChI=1S/C9H11O3S/c1-12-7-8-13(10,11)9-5-3-2-4-6-9/h2-3,5-6H,7-8H2,1H3. The van der Waals surface area contributed by atoms with Gasteiger partial charge in [0.05, 0.1) is 17.3 Å². The van der Waals surface area contributed by atoms with Gasteiger partial charge in [0.2, 0.25) is 0 Å². The lowest BCUT2D eigenvalue weighted by Crippen LogP contribution is -2.11. The summed E-state index contributed by atoms with van der Waals surface area (Å²) in [6, 6.07) is 9.06. The summed E-state index contributed by atoms with van der Waals surface area (Å²) in [6.45, 7) is 0.219. The fourth-order valence-corrected chi connectivity index (χ4v) is 2.04. The van der Waals surface area contributed by atoms with Crippen LogP contribution >= 0.6 is 0 Å². The van der Waals surface area contributed by atoms with Crippen LogP contribution in [0.1, 0.15) is 0 Å². The molecule has 1 aromatic rings. The van der Waals surface area contributed by atoms with E-state index in [9.17, 15) is 8.42 Å². The van der Waals surface area contributed by atoms with Gasteiger partial charge in [-0.05, 0) is 18.2 Å². The van der Waals surface area contributed by atoms with Crippen molar-refractivity contribution in [3.63, 3.8) is 0 Å². The van der Waals surface area contributed by atoms with Crippen molar-refractivity contribution in [2.24, 2.45) is 0 Å². The third kappa shape index (κ3) is 2.82. The van der Waals surface area contributed by atoms with E-state index in [4.69, 9.17) is 4.74 Å². The van der Waals surface area contributed by atoms with E-state index in [-0.39, 0.29) is 12.4 Å². The zero-order valence-corrected chi connectivity index (χ0v) is 8.17. The topological polar surface area (TPSA) is 43.4 Å². The summed E-state index contributed by atoms with van der Waals surface area (Å²) in [5.41, 5.74) is 0. The van der Waals surface area contributed by atoms with Crippen molar-refractivity contribution in [3.05, 3.63) is 30.3 Å². The average molecular weight is 199 g/mol. The smallest absolute Gasteiger partial charge is 0.180 e. The monoisotopic (exact) mass is 199 g/mol. The van der Waals surface area contributed by atoms with Crippen LogP contribution in [0.5, 0.6) is 0 Å². The predicted molar refractivity (Wildman–Crippen MR) is 49.2 cm³/mol. The van der Waals surface area contributed by atoms with Gasteiger partial charge < -0.3 is 4.74 Å². The van der Waals surface area contributed by atoms with Gasteiger partial charge in [0, 0.05) is 7.11 Å². The minimum Gasteiger partial charge on any atom is -0.384 e. The molecule has 0 unspecified atom stereocenters. The summed E-state index contributed by atoms with van der Waals surface area (Å²) in [5.74, 6) is 0.0152. The summed E-state index contributed by atoms with van der Waals surface area (Å²) < 4.78 is 27.7. The molecule has 0 aliphatic heterocycles. The van der Waals surface area contributed by atoms with Crippen molar-refractivity contribution in [3.8, 4) is 0 Å². The van der Waals surface area contributed by atoms with E-state index in [2.05, 4.69) is 6.07 Å². The Morgan fingerprint density at radius 2 is 2.31 bits per heavy atom. The van der Waals surface area contributed by atoms with Crippen LogP contribution < -0.4 is 0 Å². The Bertz CT molecular complexity index is 342. The number of benzene rings is 1. The lowest BCUT2D eigenvalue weighted by Gasteiger charge is -2.02. The van der Waals surface area contributed by atoms with Crippen molar-refractivity contribution in [1.29, 1.82) is 0 Å². The molecule has 0 aromatic heterocycles. The zero-order valence-electron chi connectivity index (χ0n) is 7.36. The van der Waals surface area contributed by atoms with Gasteiger partial charge in [-0.25, -0.2) is 8.42 Å². The highest BCUT2D eigenvalue weighted by Gasteiger charge is 2.12. The van der Waals surface area contributed by atoms with Gasteiger partial charge in [-0.3, -0.25) is 0 Å². The summed E-state index contributed by atoms with van der Waals surface area (Å²) in [4.78, 5) is 0.298. The van der Waals surface area contributed by atoms with Crippen molar-refractivity contribution in [1.82, 2.24) is 0 Å². The Morgan fingerprint density at radius 3 is 2.85 bits per heavy atom. The number of hydrogen-bond donors (Lipinski definition) is 0. The van der Waals surface area contributed by atoms with Gasteiger partial charge in [0.25, 0.3) is 0 Å². The van der Waals surface area contributed by atoms with Crippen molar-refractivity contribution >= 4 is 9.84 Å². The van der Waals surface area contributed by atoms with E-state index in [1.807, 2.05) is 0 Å². The van der Waals surface area contributed by atoms with Crippen LogP contribution in [-0.2, 0) is 14.6 Å². The number of ether oxygens (including phenoxy) is 1. The molecule has 0 fully saturated rings. The maximum atomic E-state index is 11.5. The fourth-order valence-electron chi connectivity index (χ4n) is 0.881. The van der Waals surface area contributed by atoms with Crippen molar-refractivity contribution in [2.75, 3.05) is 19.5 Å². The molecule has 0 spiro atoms. The molecule has 0 aliphatic rings. The van der Waals surface area contributed by atoms with Gasteiger partial charge in [-0.15, -0.1) is 0 Å². The van der Waals surface area contributed by atoms with Crippen molar-refractivity contribution in [2.45, 2.75) is 4.90 Å². The van der Waals surface area contributed by atoms with Crippen LogP contribution in [0, 0.1) is 6.07 Å². The molecule has 1 aromatic carbocycles. The van der Waals surface area contributed by atoms with Crippen molar-refractivity contribution < 1.29 is 13.2 Å². The van der Waals surface area contributed by atoms with Crippen LogP contribution in [0.4, 0.5) is 0 Å². The summed E-state index contributed by atoms with van der Waals surface area (Å²) in [7, 11) is -1.70. The number of rotatable bonds is 4. The number of sulfone groups is 1. The second-order valence-electron chi connectivity index (χ2n) is 2.55. The third-order valence-corrected chi connectivity index (χ3v) is 3.27. The fraction of sp³-hybridized carbons (Fsp3) is 0.333. The minimum absolute atomic E-state index is 0.0152. The van der Waals surface area contributed by atoms with E-state index < -0.39 is 9.84 Å². The maximum absolute atomic E-state index is 11.5. The molecule has 13 heavy (non-hydrogen) atoms. The lowest BCUT2D eigenvalue weighted by atomic mass is 10.4. The number of hydrogen-bond acceptors (Lipinski definition) is 3. The van der Waals surface area contributed by atoms with Gasteiger partial charge in [-0.1, -0.05) is 12.1 Å². The first-order valence-electron chi connectivity index (χ1n) is 3.84. The Hall–Kier alpha value is -0.870. The largest absolute Gasteiger partial charge is 0.384 e. The van der Waals surface area contributed by atoms with E-state index in [0.29, 0.717) is 4.90 Å². The molecular weight excluding hydrogens is 188 g/mol. The summed E-state index contributed by atoms with van der Waals surface area (Å²) in [5, 5.41) is 0. The molecule has 0 aliphatic carbocycles. The first-order valence-corrected chi connectivity index (χ1v) is 5.50. The van der Waals surface area contributed by atoms with Gasteiger partial charge in [0.15, 0.2) is 9.84 Å². The third-order valence-electron chi connectivity index (χ3n) is 1.59. The molecular formula is C9H11O3S. The highest BCUT2D eigenvalue weighted by molar-refractivity contribution is 7.91. The minimum atomic E-state index is -3.18. The molecule has 0 saturated heterocycles. The van der Waals surface area contributed by atoms with Crippen LogP contribution in [0.2, 0.25) is 0 Å². The molecule has 4 heteroatoms. The Kier molecular flexibility index (Phi) is 3.45. The Labute approximate surface area is 78.3 Å². The second-order valence-corrected chi connectivity index (χ2v) is 4.66. The Morgan fingerprint density at radius 1 is 1.54 bits per heavy atom. The molecule has 0 bridgehead atoms. The SMILES string of the molecule is COCCS(=O)(=O)c1c[c]ccc1. The molecule has 0 atom stereocenters. The van der Waals surface area contributed by atoms with Crippen LogP contribution in [0.15, 0.2) is 29.2 Å². The van der Waals surface area contributed by atoms with Gasteiger partial charge >= 0.3 is 0 Å². The van der Waals surface area contributed by atoms with E-state index in [1.54, 1.807) is 18.2 Å². The average Bonchev–Trinajstić information content (AvgIpc) is 2.16. The highest BCUT2D eigenvalue weighted by Crippen LogP contribution is 2.08. The van der Waals surface area contributed by atoms with Gasteiger partial charge in [0.1, 0.15) is 0 Å². The molecule has 1 radical (unpaired) electrons. The molecule has 71 valence electrons. The lowest BCUT2D eigenvalue weighted by molar-refractivity contribution is 0.217. The van der Waals surface area contributed by atoms with E-state index in [1.165, 1.54) is 13.2 Å².